The molecule has 3 N–H and O–H groups in total. The highest BCUT2D eigenvalue weighted by Crippen LogP contribution is 2.09. The van der Waals surface area contributed by atoms with Gasteiger partial charge in [0.25, 0.3) is 0 Å². The van der Waals surface area contributed by atoms with Crippen LogP contribution in [-0.2, 0) is 16.1 Å². The molecule has 1 unspecified atom stereocenters. The largest absolute Gasteiger partial charge is 0.383 e. The number of imidazole rings is 1. The maximum Gasteiger partial charge on any atom is 0.245 e. The predicted octanol–water partition coefficient (Wildman–Crippen LogP) is 0.844. The van der Waals surface area contributed by atoms with E-state index in [1.165, 1.54) is 7.11 Å². The van der Waals surface area contributed by atoms with Gasteiger partial charge in [0.2, 0.25) is 11.9 Å². The summed E-state index contributed by atoms with van der Waals surface area (Å²) in [4.78, 5) is 16.0. The second kappa shape index (κ2) is 6.83. The Balaban J connectivity index is 2.03. The van der Waals surface area contributed by atoms with Crippen molar-refractivity contribution in [1.29, 1.82) is 0 Å². The summed E-state index contributed by atoms with van der Waals surface area (Å²) in [5, 5.41) is 2.70. The molecule has 0 bridgehead atoms. The van der Waals surface area contributed by atoms with Crippen molar-refractivity contribution in [3.8, 4) is 0 Å². The molecule has 0 saturated carbocycles. The Hall–Kier alpha value is -2.18. The lowest BCUT2D eigenvalue weighted by atomic mass is 10.2. The Kier molecular flexibility index (Phi) is 4.86. The fourth-order valence-electron chi connectivity index (χ4n) is 1.80. The number of nitrogens with one attached hydrogen (secondary N) is 1. The van der Waals surface area contributed by atoms with Crippen molar-refractivity contribution in [2.24, 2.45) is 5.73 Å². The molecule has 0 fully saturated rings. The Labute approximate surface area is 117 Å². The number of anilines is 1. The molecule has 0 aliphatic rings. The maximum atomic E-state index is 11.8. The molecule has 2 aromatic rings. The van der Waals surface area contributed by atoms with Gasteiger partial charge in [0.05, 0.1) is 13.2 Å². The summed E-state index contributed by atoms with van der Waals surface area (Å²) in [6.45, 7) is 0.807. The van der Waals surface area contributed by atoms with Crippen LogP contribution in [0.4, 0.5) is 5.95 Å². The standard InChI is InChI=1S/C14H18N4O2/c1-20-10-12(15)13(19)17-14-16-7-8-18(14)9-11-5-3-2-4-6-11/h2-8,12H,9-10,15H2,1H3,(H,16,17,19). The van der Waals surface area contributed by atoms with Gasteiger partial charge in [-0.25, -0.2) is 4.98 Å². The summed E-state index contributed by atoms with van der Waals surface area (Å²) < 4.78 is 6.71. The fourth-order valence-corrected chi connectivity index (χ4v) is 1.80. The van der Waals surface area contributed by atoms with E-state index in [1.807, 2.05) is 41.1 Å². The first kappa shape index (κ1) is 14.2. The minimum Gasteiger partial charge on any atom is -0.383 e. The van der Waals surface area contributed by atoms with E-state index in [1.54, 1.807) is 6.20 Å². The van der Waals surface area contributed by atoms with Crippen LogP contribution in [0.2, 0.25) is 0 Å². The van der Waals surface area contributed by atoms with Crippen LogP contribution in [0.25, 0.3) is 0 Å². The van der Waals surface area contributed by atoms with E-state index in [2.05, 4.69) is 10.3 Å². The third-order valence-electron chi connectivity index (χ3n) is 2.83. The predicted molar refractivity (Wildman–Crippen MR) is 76.3 cm³/mol. The van der Waals surface area contributed by atoms with Crippen molar-refractivity contribution in [2.75, 3.05) is 19.0 Å². The number of hydrogen-bond donors (Lipinski definition) is 2. The molecule has 0 radical (unpaired) electrons. The average Bonchev–Trinajstić information content (AvgIpc) is 2.87. The van der Waals surface area contributed by atoms with Crippen LogP contribution in [0.15, 0.2) is 42.7 Å². The molecule has 0 aliphatic heterocycles. The second-order valence-electron chi connectivity index (χ2n) is 4.42. The first-order chi connectivity index (χ1) is 9.70. The number of nitrogens with two attached hydrogens (primary N) is 1. The minimum absolute atomic E-state index is 0.172. The number of amides is 1. The second-order valence-corrected chi connectivity index (χ2v) is 4.42. The number of nitrogens with zero attached hydrogens (tertiary/aromatic N) is 2. The summed E-state index contributed by atoms with van der Waals surface area (Å²) in [7, 11) is 1.50. The molecule has 0 saturated heterocycles. The van der Waals surface area contributed by atoms with Crippen LogP contribution in [0.1, 0.15) is 5.56 Å². The summed E-state index contributed by atoms with van der Waals surface area (Å²) >= 11 is 0. The molecule has 6 heteroatoms. The zero-order chi connectivity index (χ0) is 14.4. The molecule has 1 aromatic heterocycles. The van der Waals surface area contributed by atoms with Gasteiger partial charge in [0.1, 0.15) is 6.04 Å². The van der Waals surface area contributed by atoms with Crippen molar-refractivity contribution in [3.63, 3.8) is 0 Å². The Bertz CT molecular complexity index is 553. The molecule has 1 heterocycles. The molecule has 1 aromatic carbocycles. The van der Waals surface area contributed by atoms with Crippen molar-refractivity contribution >= 4 is 11.9 Å². The summed E-state index contributed by atoms with van der Waals surface area (Å²) in [6, 6.07) is 9.23. The topological polar surface area (TPSA) is 82.2 Å². The van der Waals surface area contributed by atoms with E-state index in [4.69, 9.17) is 10.5 Å². The van der Waals surface area contributed by atoms with E-state index in [0.717, 1.165) is 5.56 Å². The van der Waals surface area contributed by atoms with E-state index >= 15 is 0 Å². The zero-order valence-corrected chi connectivity index (χ0v) is 11.3. The molecular formula is C14H18N4O2. The lowest BCUT2D eigenvalue weighted by molar-refractivity contribution is -0.118. The Morgan fingerprint density at radius 3 is 2.90 bits per heavy atom. The number of carbonyl (C=O) groups excluding carboxylic acids is 1. The average molecular weight is 274 g/mol. The van der Waals surface area contributed by atoms with E-state index in [0.29, 0.717) is 12.5 Å². The van der Waals surface area contributed by atoms with Crippen LogP contribution < -0.4 is 11.1 Å². The van der Waals surface area contributed by atoms with Gasteiger partial charge in [0.15, 0.2) is 0 Å². The first-order valence-electron chi connectivity index (χ1n) is 6.31. The molecule has 0 spiro atoms. The van der Waals surface area contributed by atoms with Gasteiger partial charge in [0, 0.05) is 19.5 Å². The summed E-state index contributed by atoms with van der Waals surface area (Å²) in [5.41, 5.74) is 6.80. The van der Waals surface area contributed by atoms with Gasteiger partial charge >= 0.3 is 0 Å². The fraction of sp³-hybridized carbons (Fsp3) is 0.286. The first-order valence-corrected chi connectivity index (χ1v) is 6.31. The van der Waals surface area contributed by atoms with Crippen molar-refractivity contribution < 1.29 is 9.53 Å². The zero-order valence-electron chi connectivity index (χ0n) is 11.3. The number of ether oxygens (including phenoxy) is 1. The van der Waals surface area contributed by atoms with Crippen LogP contribution in [0.5, 0.6) is 0 Å². The quantitative estimate of drug-likeness (QED) is 0.818. The SMILES string of the molecule is COCC(N)C(=O)Nc1nccn1Cc1ccccc1. The highest BCUT2D eigenvalue weighted by Gasteiger charge is 2.15. The summed E-state index contributed by atoms with van der Waals surface area (Å²) in [5.74, 6) is 0.165. The molecule has 6 nitrogen and oxygen atoms in total. The molecular weight excluding hydrogens is 256 g/mol. The normalized spacial score (nSPS) is 12.1. The highest BCUT2D eigenvalue weighted by atomic mass is 16.5. The van der Waals surface area contributed by atoms with Crippen LogP contribution in [0.3, 0.4) is 0 Å². The van der Waals surface area contributed by atoms with Crippen LogP contribution >= 0.6 is 0 Å². The highest BCUT2D eigenvalue weighted by molar-refractivity contribution is 5.93. The number of carbonyl (C=O) groups is 1. The number of benzene rings is 1. The Morgan fingerprint density at radius 2 is 2.20 bits per heavy atom. The van der Waals surface area contributed by atoms with Gasteiger partial charge in [-0.15, -0.1) is 0 Å². The van der Waals surface area contributed by atoms with Crippen LogP contribution in [-0.4, -0.2) is 35.2 Å². The van der Waals surface area contributed by atoms with Gasteiger partial charge in [-0.3, -0.25) is 10.1 Å². The molecule has 106 valence electrons. The molecule has 0 aliphatic carbocycles. The van der Waals surface area contributed by atoms with Gasteiger partial charge < -0.3 is 15.0 Å². The monoisotopic (exact) mass is 274 g/mol. The molecule has 2 rings (SSSR count). The van der Waals surface area contributed by atoms with Crippen LogP contribution in [0, 0.1) is 0 Å². The number of hydrogen-bond acceptors (Lipinski definition) is 4. The van der Waals surface area contributed by atoms with E-state index < -0.39 is 6.04 Å². The number of rotatable bonds is 6. The van der Waals surface area contributed by atoms with Gasteiger partial charge in [-0.2, -0.15) is 0 Å². The van der Waals surface area contributed by atoms with Gasteiger partial charge in [-0.05, 0) is 5.56 Å². The van der Waals surface area contributed by atoms with Gasteiger partial charge in [-0.1, -0.05) is 30.3 Å². The van der Waals surface area contributed by atoms with Crippen molar-refractivity contribution in [1.82, 2.24) is 9.55 Å². The summed E-state index contributed by atoms with van der Waals surface area (Å²) in [6.07, 6.45) is 3.45. The molecule has 20 heavy (non-hydrogen) atoms. The smallest absolute Gasteiger partial charge is 0.245 e. The van der Waals surface area contributed by atoms with Crippen molar-refractivity contribution in [2.45, 2.75) is 12.6 Å². The lowest BCUT2D eigenvalue weighted by Gasteiger charge is -2.12. The maximum absolute atomic E-state index is 11.8. The number of aromatic nitrogens is 2. The Morgan fingerprint density at radius 1 is 1.45 bits per heavy atom. The third kappa shape index (κ3) is 3.66. The van der Waals surface area contributed by atoms with E-state index in [-0.39, 0.29) is 12.5 Å². The molecule has 1 amide bonds. The molecule has 1 atom stereocenters. The number of methoxy groups -OCH3 is 1. The van der Waals surface area contributed by atoms with Crippen molar-refractivity contribution in [3.05, 3.63) is 48.3 Å². The minimum atomic E-state index is -0.707. The van der Waals surface area contributed by atoms with E-state index in [9.17, 15) is 4.79 Å². The lowest BCUT2D eigenvalue weighted by Crippen LogP contribution is -2.39. The third-order valence-corrected chi connectivity index (χ3v) is 2.83.